The van der Waals surface area contributed by atoms with Crippen LogP contribution in [0.1, 0.15) is 18.2 Å². The molecule has 0 saturated carbocycles. The zero-order valence-corrected chi connectivity index (χ0v) is 13.7. The molecular formula is C19H17N3O3. The van der Waals surface area contributed by atoms with Gasteiger partial charge in [-0.05, 0) is 24.3 Å². The van der Waals surface area contributed by atoms with Crippen molar-refractivity contribution >= 4 is 16.8 Å². The molecule has 1 N–H and O–H groups in total. The van der Waals surface area contributed by atoms with Gasteiger partial charge in [-0.1, -0.05) is 24.3 Å². The number of aromatic nitrogens is 2. The quantitative estimate of drug-likeness (QED) is 0.716. The fraction of sp³-hybridized carbons (Fsp3) is 0.211. The highest BCUT2D eigenvalue weighted by Gasteiger charge is 2.23. The summed E-state index contributed by atoms with van der Waals surface area (Å²) >= 11 is 0. The van der Waals surface area contributed by atoms with Crippen molar-refractivity contribution in [3.05, 3.63) is 54.4 Å². The minimum Gasteiger partial charge on any atom is -0.493 e. The lowest BCUT2D eigenvalue weighted by atomic mass is 10.0. The summed E-state index contributed by atoms with van der Waals surface area (Å²) in [5.74, 6) is 0.357. The first kappa shape index (κ1) is 16.5. The van der Waals surface area contributed by atoms with E-state index in [0.717, 1.165) is 11.0 Å². The monoisotopic (exact) mass is 335 g/mol. The lowest BCUT2D eigenvalue weighted by Crippen LogP contribution is -2.15. The molecule has 0 unspecified atom stereocenters. The highest BCUT2D eigenvalue weighted by atomic mass is 16.5. The number of imidazole rings is 1. The van der Waals surface area contributed by atoms with E-state index in [4.69, 9.17) is 9.47 Å². The predicted molar refractivity (Wildman–Crippen MR) is 92.6 cm³/mol. The first-order valence-corrected chi connectivity index (χ1v) is 7.85. The minimum atomic E-state index is -0.936. The average Bonchev–Trinajstić information content (AvgIpc) is 3.06. The van der Waals surface area contributed by atoms with E-state index < -0.39 is 5.92 Å². The molecule has 25 heavy (non-hydrogen) atoms. The Morgan fingerprint density at radius 2 is 1.92 bits per heavy atom. The van der Waals surface area contributed by atoms with Gasteiger partial charge in [0, 0.05) is 6.42 Å². The number of Topliss-reactive ketones (excluding diaryl/α,β-unsaturated/α-hetero) is 1. The lowest BCUT2D eigenvalue weighted by molar-refractivity contribution is -0.119. The molecule has 0 radical (unpaired) electrons. The number of hydrogen-bond donors (Lipinski definition) is 1. The number of fused-ring (bicyclic) bond motifs is 1. The second kappa shape index (κ2) is 7.49. The first-order valence-electron chi connectivity index (χ1n) is 7.85. The van der Waals surface area contributed by atoms with Crippen LogP contribution in [0.25, 0.3) is 11.0 Å². The summed E-state index contributed by atoms with van der Waals surface area (Å²) < 4.78 is 10.8. The summed E-state index contributed by atoms with van der Waals surface area (Å²) in [6, 6.07) is 16.7. The van der Waals surface area contributed by atoms with Gasteiger partial charge in [-0.3, -0.25) is 4.79 Å². The van der Waals surface area contributed by atoms with Gasteiger partial charge >= 0.3 is 0 Å². The van der Waals surface area contributed by atoms with Crippen LogP contribution < -0.4 is 9.47 Å². The normalized spacial score (nSPS) is 11.7. The highest BCUT2D eigenvalue weighted by molar-refractivity contribution is 5.88. The van der Waals surface area contributed by atoms with Crippen molar-refractivity contribution in [1.29, 1.82) is 5.26 Å². The Hall–Kier alpha value is -3.33. The molecule has 6 nitrogen and oxygen atoms in total. The number of methoxy groups -OCH3 is 1. The molecule has 2 aromatic carbocycles. The summed E-state index contributed by atoms with van der Waals surface area (Å²) in [6.45, 7) is 0.164. The van der Waals surface area contributed by atoms with Gasteiger partial charge in [0.25, 0.3) is 0 Å². The number of benzene rings is 2. The largest absolute Gasteiger partial charge is 0.493 e. The van der Waals surface area contributed by atoms with Crippen LogP contribution in [0.2, 0.25) is 0 Å². The smallest absolute Gasteiger partial charge is 0.162 e. The van der Waals surface area contributed by atoms with Crippen molar-refractivity contribution in [3.8, 4) is 17.6 Å². The second-order valence-corrected chi connectivity index (χ2v) is 5.42. The third-order valence-electron chi connectivity index (χ3n) is 3.81. The van der Waals surface area contributed by atoms with Crippen LogP contribution in [0.4, 0.5) is 0 Å². The van der Waals surface area contributed by atoms with Crippen molar-refractivity contribution in [2.75, 3.05) is 13.7 Å². The molecule has 0 aliphatic rings. The minimum absolute atomic E-state index is 0.104. The summed E-state index contributed by atoms with van der Waals surface area (Å²) in [4.78, 5) is 19.8. The Bertz CT molecular complexity index is 894. The van der Waals surface area contributed by atoms with Crippen molar-refractivity contribution in [3.63, 3.8) is 0 Å². The fourth-order valence-corrected chi connectivity index (χ4v) is 2.54. The van der Waals surface area contributed by atoms with Crippen molar-refractivity contribution in [2.24, 2.45) is 0 Å². The molecule has 0 fully saturated rings. The van der Waals surface area contributed by atoms with E-state index in [2.05, 4.69) is 9.97 Å². The molecule has 6 heteroatoms. The van der Waals surface area contributed by atoms with E-state index in [1.807, 2.05) is 42.5 Å². The van der Waals surface area contributed by atoms with E-state index in [1.165, 1.54) is 0 Å². The lowest BCUT2D eigenvalue weighted by Gasteiger charge is -2.10. The zero-order chi connectivity index (χ0) is 17.6. The maximum atomic E-state index is 12.4. The van der Waals surface area contributed by atoms with Crippen molar-refractivity contribution in [1.82, 2.24) is 9.97 Å². The molecule has 0 bridgehead atoms. The number of H-pyrrole nitrogens is 1. The van der Waals surface area contributed by atoms with E-state index in [0.29, 0.717) is 17.3 Å². The Morgan fingerprint density at radius 1 is 1.20 bits per heavy atom. The first-order chi connectivity index (χ1) is 12.2. The maximum absolute atomic E-state index is 12.4. The number of aromatic amines is 1. The van der Waals surface area contributed by atoms with E-state index in [-0.39, 0.29) is 18.8 Å². The summed E-state index contributed by atoms with van der Waals surface area (Å²) in [5, 5.41) is 9.38. The third-order valence-corrected chi connectivity index (χ3v) is 3.81. The molecule has 126 valence electrons. The van der Waals surface area contributed by atoms with E-state index in [9.17, 15) is 10.1 Å². The van der Waals surface area contributed by atoms with Crippen LogP contribution >= 0.6 is 0 Å². The second-order valence-electron chi connectivity index (χ2n) is 5.42. The molecule has 0 amide bonds. The number of rotatable bonds is 7. The van der Waals surface area contributed by atoms with Gasteiger partial charge in [0.15, 0.2) is 23.2 Å². The number of ketones is 1. The Kier molecular flexibility index (Phi) is 4.95. The Balaban J connectivity index is 1.66. The van der Waals surface area contributed by atoms with Gasteiger partial charge in [-0.15, -0.1) is 0 Å². The zero-order valence-electron chi connectivity index (χ0n) is 13.7. The number of para-hydroxylation sites is 4. The van der Waals surface area contributed by atoms with Gasteiger partial charge in [-0.2, -0.15) is 5.26 Å². The van der Waals surface area contributed by atoms with Crippen LogP contribution in [-0.4, -0.2) is 29.5 Å². The summed E-state index contributed by atoms with van der Waals surface area (Å²) in [6.07, 6.45) is 0.104. The van der Waals surface area contributed by atoms with Crippen LogP contribution in [0.15, 0.2) is 48.5 Å². The van der Waals surface area contributed by atoms with Crippen molar-refractivity contribution in [2.45, 2.75) is 12.3 Å². The van der Waals surface area contributed by atoms with Crippen LogP contribution in [-0.2, 0) is 4.79 Å². The van der Waals surface area contributed by atoms with Crippen LogP contribution in [0, 0.1) is 11.3 Å². The van der Waals surface area contributed by atoms with Crippen LogP contribution in [0.3, 0.4) is 0 Å². The number of hydrogen-bond acceptors (Lipinski definition) is 5. The molecule has 0 aliphatic heterocycles. The number of carbonyl (C=O) groups is 1. The summed E-state index contributed by atoms with van der Waals surface area (Å²) in [5.41, 5.74) is 1.53. The summed E-state index contributed by atoms with van der Waals surface area (Å²) in [7, 11) is 1.56. The molecular weight excluding hydrogens is 318 g/mol. The Morgan fingerprint density at radius 3 is 2.64 bits per heavy atom. The predicted octanol–water partition coefficient (Wildman–Crippen LogP) is 3.22. The number of nitrogens with zero attached hydrogens (tertiary/aromatic N) is 2. The van der Waals surface area contributed by atoms with Gasteiger partial charge in [0.1, 0.15) is 5.82 Å². The highest BCUT2D eigenvalue weighted by Crippen LogP contribution is 2.26. The third kappa shape index (κ3) is 3.61. The molecule has 0 aliphatic carbocycles. The number of nitriles is 1. The van der Waals surface area contributed by atoms with Gasteiger partial charge in [-0.25, -0.2) is 4.98 Å². The maximum Gasteiger partial charge on any atom is 0.162 e. The van der Waals surface area contributed by atoms with E-state index in [1.54, 1.807) is 19.2 Å². The molecule has 0 saturated heterocycles. The molecule has 1 heterocycles. The molecule has 1 aromatic heterocycles. The Labute approximate surface area is 145 Å². The molecule has 3 rings (SSSR count). The van der Waals surface area contributed by atoms with Crippen molar-refractivity contribution < 1.29 is 14.3 Å². The van der Waals surface area contributed by atoms with E-state index >= 15 is 0 Å². The molecule has 1 atom stereocenters. The number of ether oxygens (including phenoxy) is 2. The van der Waals surface area contributed by atoms with Gasteiger partial charge in [0.05, 0.1) is 30.8 Å². The number of nitrogens with one attached hydrogen (secondary N) is 1. The SMILES string of the molecule is COc1ccccc1OCCC(=O)[C@H](C#N)c1nc2ccccc2[nH]1. The molecule has 0 spiro atoms. The van der Waals surface area contributed by atoms with Gasteiger partial charge < -0.3 is 14.5 Å². The van der Waals surface area contributed by atoms with Crippen LogP contribution in [0.5, 0.6) is 11.5 Å². The van der Waals surface area contributed by atoms with Gasteiger partial charge in [0.2, 0.25) is 0 Å². The number of carbonyl (C=O) groups excluding carboxylic acids is 1. The fourth-order valence-electron chi connectivity index (χ4n) is 2.54. The molecule has 3 aromatic rings. The standard InChI is InChI=1S/C19H17N3O3/c1-24-17-8-4-5-9-18(17)25-11-10-16(23)13(12-20)19-21-14-6-2-3-7-15(14)22-19/h2-9,13H,10-11H2,1H3,(H,21,22)/t13-/m0/s1. The average molecular weight is 335 g/mol. The topological polar surface area (TPSA) is 88.0 Å².